The molecule has 5 rings (SSSR count). The second-order valence-corrected chi connectivity index (χ2v) is 7.79. The minimum atomic E-state index is -0.207. The lowest BCUT2D eigenvalue weighted by Crippen LogP contribution is -2.46. The Morgan fingerprint density at radius 1 is 0.970 bits per heavy atom. The number of nitrogens with one attached hydrogen (secondary N) is 1. The van der Waals surface area contributed by atoms with Gasteiger partial charge in [0.2, 0.25) is 5.91 Å². The molecule has 0 saturated carbocycles. The average molecular weight is 444 g/mol. The summed E-state index contributed by atoms with van der Waals surface area (Å²) in [6, 6.07) is 17.7. The molecule has 0 unspecified atom stereocenters. The summed E-state index contributed by atoms with van der Waals surface area (Å²) in [6.45, 7) is 3.55. The van der Waals surface area contributed by atoms with Crippen LogP contribution in [0.15, 0.2) is 67.1 Å². The van der Waals surface area contributed by atoms with Crippen molar-refractivity contribution in [2.24, 2.45) is 0 Å². The molecule has 33 heavy (non-hydrogen) atoms. The van der Waals surface area contributed by atoms with Crippen molar-refractivity contribution in [1.82, 2.24) is 19.7 Å². The highest BCUT2D eigenvalue weighted by Crippen LogP contribution is 2.26. The number of ether oxygens (including phenoxy) is 1. The number of amides is 1. The zero-order valence-corrected chi connectivity index (χ0v) is 18.4. The normalized spacial score (nSPS) is 13.8. The first-order valence-corrected chi connectivity index (χ1v) is 10.9. The van der Waals surface area contributed by atoms with Crippen molar-refractivity contribution in [2.75, 3.05) is 48.4 Å². The van der Waals surface area contributed by atoms with Crippen molar-refractivity contribution >= 4 is 34.1 Å². The van der Waals surface area contributed by atoms with Crippen molar-refractivity contribution in [3.63, 3.8) is 0 Å². The van der Waals surface area contributed by atoms with Crippen LogP contribution >= 0.6 is 0 Å². The number of fused-ring (bicyclic) bond motifs is 1. The summed E-state index contributed by atoms with van der Waals surface area (Å²) >= 11 is 0. The predicted molar refractivity (Wildman–Crippen MR) is 128 cm³/mol. The molecule has 0 aliphatic carbocycles. The molecule has 1 amide bonds. The Morgan fingerprint density at radius 2 is 1.70 bits per heavy atom. The van der Waals surface area contributed by atoms with Gasteiger partial charge in [0.15, 0.2) is 5.65 Å². The van der Waals surface area contributed by atoms with Crippen LogP contribution in [0.1, 0.15) is 0 Å². The van der Waals surface area contributed by atoms with Crippen LogP contribution in [0.5, 0.6) is 5.75 Å². The Labute approximate surface area is 191 Å². The fraction of sp³-hybridized carbons (Fsp3) is 0.250. The molecule has 1 aliphatic heterocycles. The predicted octanol–water partition coefficient (Wildman–Crippen LogP) is 2.80. The molecule has 3 heterocycles. The number of methoxy groups -OCH3 is 1. The van der Waals surface area contributed by atoms with Gasteiger partial charge in [-0.2, -0.15) is 5.10 Å². The van der Waals surface area contributed by atoms with Crippen LogP contribution in [0, 0.1) is 0 Å². The zero-order valence-electron chi connectivity index (χ0n) is 18.4. The van der Waals surface area contributed by atoms with Gasteiger partial charge in [-0.3, -0.25) is 4.79 Å². The first-order valence-electron chi connectivity index (χ1n) is 10.9. The van der Waals surface area contributed by atoms with Crippen LogP contribution in [-0.2, 0) is 11.3 Å². The number of hydrogen-bond donors (Lipinski definition) is 1. The maximum Gasteiger partial charge on any atom is 0.246 e. The van der Waals surface area contributed by atoms with E-state index < -0.39 is 0 Å². The van der Waals surface area contributed by atoms with Gasteiger partial charge in [-0.05, 0) is 24.3 Å². The van der Waals surface area contributed by atoms with E-state index in [1.807, 2.05) is 18.2 Å². The molecule has 1 aliphatic rings. The number of rotatable bonds is 6. The summed E-state index contributed by atoms with van der Waals surface area (Å²) in [4.78, 5) is 26.2. The molecular weight excluding hydrogens is 418 g/mol. The van der Waals surface area contributed by atoms with Gasteiger partial charge in [0.1, 0.15) is 24.4 Å². The van der Waals surface area contributed by atoms with E-state index in [1.54, 1.807) is 30.1 Å². The molecule has 2 aromatic heterocycles. The van der Waals surface area contributed by atoms with Gasteiger partial charge in [-0.1, -0.05) is 30.3 Å². The van der Waals surface area contributed by atoms with Gasteiger partial charge >= 0.3 is 0 Å². The number of aromatic nitrogens is 4. The summed E-state index contributed by atoms with van der Waals surface area (Å²) in [7, 11) is 1.57. The second-order valence-electron chi connectivity index (χ2n) is 7.79. The molecule has 0 bridgehead atoms. The quantitative estimate of drug-likeness (QED) is 0.490. The van der Waals surface area contributed by atoms with Crippen LogP contribution in [0.2, 0.25) is 0 Å². The van der Waals surface area contributed by atoms with E-state index >= 15 is 0 Å². The Bertz CT molecular complexity index is 1250. The highest BCUT2D eigenvalue weighted by Gasteiger charge is 2.22. The largest absolute Gasteiger partial charge is 0.495 e. The number of carbonyl (C=O) groups is 1. The lowest BCUT2D eigenvalue weighted by Gasteiger charge is -2.36. The van der Waals surface area contributed by atoms with Crippen molar-refractivity contribution in [1.29, 1.82) is 0 Å². The molecule has 168 valence electrons. The molecule has 0 spiro atoms. The van der Waals surface area contributed by atoms with Gasteiger partial charge in [0, 0.05) is 31.9 Å². The molecule has 0 radical (unpaired) electrons. The minimum absolute atomic E-state index is 0.0415. The monoisotopic (exact) mass is 443 g/mol. The van der Waals surface area contributed by atoms with E-state index in [-0.39, 0.29) is 12.5 Å². The fourth-order valence-electron chi connectivity index (χ4n) is 4.14. The Kier molecular flexibility index (Phi) is 5.75. The Balaban J connectivity index is 1.30. The number of hydrogen-bond acceptors (Lipinski definition) is 7. The maximum absolute atomic E-state index is 12.7. The van der Waals surface area contributed by atoms with Crippen LogP contribution in [-0.4, -0.2) is 58.9 Å². The molecule has 1 saturated heterocycles. The van der Waals surface area contributed by atoms with Crippen LogP contribution in [0.3, 0.4) is 0 Å². The van der Waals surface area contributed by atoms with Gasteiger partial charge in [-0.15, -0.1) is 0 Å². The van der Waals surface area contributed by atoms with Crippen molar-refractivity contribution < 1.29 is 9.53 Å². The highest BCUT2D eigenvalue weighted by molar-refractivity contribution is 5.93. The molecule has 4 aromatic rings. The lowest BCUT2D eigenvalue weighted by atomic mass is 10.2. The van der Waals surface area contributed by atoms with Crippen LogP contribution in [0.4, 0.5) is 17.2 Å². The van der Waals surface area contributed by atoms with E-state index in [1.165, 1.54) is 12.0 Å². The van der Waals surface area contributed by atoms with Crippen molar-refractivity contribution in [3.05, 3.63) is 67.1 Å². The third-order valence-corrected chi connectivity index (χ3v) is 5.79. The first-order chi connectivity index (χ1) is 16.2. The minimum Gasteiger partial charge on any atom is -0.495 e. The van der Waals surface area contributed by atoms with E-state index in [2.05, 4.69) is 54.4 Å². The van der Waals surface area contributed by atoms with E-state index in [0.29, 0.717) is 17.1 Å². The van der Waals surface area contributed by atoms with Gasteiger partial charge in [0.05, 0.1) is 24.4 Å². The third kappa shape index (κ3) is 4.30. The topological polar surface area (TPSA) is 88.4 Å². The Hall–Kier alpha value is -4.14. The van der Waals surface area contributed by atoms with E-state index in [4.69, 9.17) is 4.74 Å². The number of piperazine rings is 1. The molecule has 9 nitrogen and oxygen atoms in total. The lowest BCUT2D eigenvalue weighted by molar-refractivity contribution is -0.116. The SMILES string of the molecule is COc1ccccc1NC(=O)Cn1ncc2c(N3CCN(c4ccccc4)CC3)ncnc21. The average Bonchev–Trinajstić information content (AvgIpc) is 3.28. The zero-order chi connectivity index (χ0) is 22.6. The van der Waals surface area contributed by atoms with E-state index in [0.717, 1.165) is 37.4 Å². The summed E-state index contributed by atoms with van der Waals surface area (Å²) in [5.74, 6) is 1.25. The fourth-order valence-corrected chi connectivity index (χ4v) is 4.14. The van der Waals surface area contributed by atoms with Crippen molar-refractivity contribution in [3.8, 4) is 5.75 Å². The third-order valence-electron chi connectivity index (χ3n) is 5.79. The molecule has 1 fully saturated rings. The first kappa shape index (κ1) is 20.7. The molecule has 2 aromatic carbocycles. The van der Waals surface area contributed by atoms with Crippen LogP contribution < -0.4 is 19.9 Å². The number of para-hydroxylation sites is 3. The standard InChI is InChI=1S/C24H25N7O2/c1-33-21-10-6-5-9-20(21)28-22(32)16-31-24-19(15-27-31)23(25-17-26-24)30-13-11-29(12-14-30)18-7-3-2-4-8-18/h2-10,15,17H,11-14,16H2,1H3,(H,28,32). The molecule has 9 heteroatoms. The number of benzene rings is 2. The molecular formula is C24H25N7O2. The smallest absolute Gasteiger partial charge is 0.246 e. The van der Waals surface area contributed by atoms with E-state index in [9.17, 15) is 4.79 Å². The highest BCUT2D eigenvalue weighted by atomic mass is 16.5. The van der Waals surface area contributed by atoms with Gasteiger partial charge in [-0.25, -0.2) is 14.6 Å². The summed E-state index contributed by atoms with van der Waals surface area (Å²) in [5, 5.41) is 8.14. The van der Waals surface area contributed by atoms with Crippen LogP contribution in [0.25, 0.3) is 11.0 Å². The Morgan fingerprint density at radius 3 is 2.48 bits per heavy atom. The second kappa shape index (κ2) is 9.15. The summed E-state index contributed by atoms with van der Waals surface area (Å²) in [6.07, 6.45) is 3.28. The summed E-state index contributed by atoms with van der Waals surface area (Å²) < 4.78 is 6.91. The van der Waals surface area contributed by atoms with Crippen molar-refractivity contribution in [2.45, 2.75) is 6.54 Å². The maximum atomic E-state index is 12.7. The van der Waals surface area contributed by atoms with Gasteiger partial charge in [0.25, 0.3) is 0 Å². The number of anilines is 3. The number of nitrogens with zero attached hydrogens (tertiary/aromatic N) is 6. The summed E-state index contributed by atoms with van der Waals surface area (Å²) in [5.41, 5.74) is 2.49. The molecule has 0 atom stereocenters. The number of carbonyl (C=O) groups excluding carboxylic acids is 1. The molecule has 1 N–H and O–H groups in total. The van der Waals surface area contributed by atoms with Gasteiger partial charge < -0.3 is 19.9 Å².